The van der Waals surface area contributed by atoms with Crippen LogP contribution in [-0.4, -0.2) is 30.7 Å². The molecule has 6 heteroatoms. The number of Topliss-reactive ketones (excluding diaryl/α,β-unsaturated/α-hetero) is 1. The van der Waals surface area contributed by atoms with Crippen LogP contribution in [0, 0.1) is 0 Å². The molecule has 0 atom stereocenters. The lowest BCUT2D eigenvalue weighted by molar-refractivity contribution is 0.101. The molecule has 0 radical (unpaired) electrons. The van der Waals surface area contributed by atoms with E-state index in [1.807, 2.05) is 0 Å². The molecule has 0 amide bonds. The Kier molecular flexibility index (Phi) is 2.91. The molecular formula is C11H14N2O3S. The third-order valence-electron chi connectivity index (χ3n) is 2.93. The zero-order valence-electron chi connectivity index (χ0n) is 9.56. The Morgan fingerprint density at radius 1 is 1.35 bits per heavy atom. The molecule has 0 fully saturated rings. The summed E-state index contributed by atoms with van der Waals surface area (Å²) in [5, 5.41) is 0. The molecule has 92 valence electrons. The van der Waals surface area contributed by atoms with Crippen LogP contribution in [0.3, 0.4) is 0 Å². The van der Waals surface area contributed by atoms with Gasteiger partial charge in [-0.3, -0.25) is 4.79 Å². The van der Waals surface area contributed by atoms with Gasteiger partial charge in [-0.15, -0.1) is 0 Å². The zero-order valence-corrected chi connectivity index (χ0v) is 10.4. The van der Waals surface area contributed by atoms with Crippen molar-refractivity contribution in [2.75, 3.05) is 17.2 Å². The molecule has 1 aromatic rings. The third-order valence-corrected chi connectivity index (χ3v) is 4.58. The number of aromatic nitrogens is 1. The topological polar surface area (TPSA) is 90.1 Å². The molecule has 0 spiro atoms. The van der Waals surface area contributed by atoms with E-state index in [0.717, 1.165) is 5.56 Å². The van der Waals surface area contributed by atoms with E-state index >= 15 is 0 Å². The van der Waals surface area contributed by atoms with Gasteiger partial charge in [0.05, 0.1) is 17.1 Å². The molecule has 0 unspecified atom stereocenters. The Hall–Kier alpha value is -1.43. The summed E-state index contributed by atoms with van der Waals surface area (Å²) < 4.78 is 23.0. The minimum atomic E-state index is -3.00. The second-order valence-corrected chi connectivity index (χ2v) is 6.54. The van der Waals surface area contributed by atoms with Crippen LogP contribution in [0.4, 0.5) is 5.82 Å². The van der Waals surface area contributed by atoms with Crippen molar-refractivity contribution in [3.63, 3.8) is 0 Å². The number of nitrogen functional groups attached to an aromatic ring is 1. The van der Waals surface area contributed by atoms with Crippen molar-refractivity contribution in [3.8, 4) is 0 Å². The summed E-state index contributed by atoms with van der Waals surface area (Å²) in [6.07, 6.45) is 0.783. The van der Waals surface area contributed by atoms with Gasteiger partial charge in [-0.05, 0) is 25.0 Å². The molecule has 2 heterocycles. The Morgan fingerprint density at radius 3 is 2.65 bits per heavy atom. The van der Waals surface area contributed by atoms with E-state index in [1.54, 1.807) is 6.07 Å². The van der Waals surface area contributed by atoms with Crippen LogP contribution in [-0.2, 0) is 22.7 Å². The van der Waals surface area contributed by atoms with Gasteiger partial charge in [0.1, 0.15) is 5.82 Å². The third kappa shape index (κ3) is 2.46. The fourth-order valence-electron chi connectivity index (χ4n) is 1.94. The van der Waals surface area contributed by atoms with Gasteiger partial charge in [0, 0.05) is 12.1 Å². The number of aryl methyl sites for hydroxylation is 2. The van der Waals surface area contributed by atoms with Gasteiger partial charge < -0.3 is 5.73 Å². The SMILES string of the molecule is CC(=O)c1cc2c(nc1N)CCS(=O)(=O)CC2. The molecule has 2 N–H and O–H groups in total. The molecule has 0 saturated carbocycles. The number of anilines is 1. The normalized spacial score (nSPS) is 18.2. The number of nitrogens with two attached hydrogens (primary N) is 1. The predicted molar refractivity (Wildman–Crippen MR) is 64.7 cm³/mol. The summed E-state index contributed by atoms with van der Waals surface area (Å²) in [5.74, 6) is 0.259. The van der Waals surface area contributed by atoms with Crippen molar-refractivity contribution in [3.05, 3.63) is 22.9 Å². The van der Waals surface area contributed by atoms with Crippen molar-refractivity contribution >= 4 is 21.4 Å². The van der Waals surface area contributed by atoms with Crippen molar-refractivity contribution in [1.29, 1.82) is 0 Å². The van der Waals surface area contributed by atoms with Crippen LogP contribution in [0.1, 0.15) is 28.5 Å². The van der Waals surface area contributed by atoms with Crippen LogP contribution in [0.15, 0.2) is 6.07 Å². The van der Waals surface area contributed by atoms with E-state index in [1.165, 1.54) is 6.92 Å². The lowest BCUT2D eigenvalue weighted by Crippen LogP contribution is -2.10. The minimum absolute atomic E-state index is 0.103. The van der Waals surface area contributed by atoms with Crippen LogP contribution in [0.2, 0.25) is 0 Å². The van der Waals surface area contributed by atoms with E-state index in [0.29, 0.717) is 24.1 Å². The maximum atomic E-state index is 11.5. The number of rotatable bonds is 1. The highest BCUT2D eigenvalue weighted by Gasteiger charge is 2.21. The molecule has 1 aromatic heterocycles. The van der Waals surface area contributed by atoms with Gasteiger partial charge in [0.25, 0.3) is 0 Å². The molecule has 0 saturated heterocycles. The van der Waals surface area contributed by atoms with E-state index in [-0.39, 0.29) is 23.1 Å². The van der Waals surface area contributed by atoms with Gasteiger partial charge in [0.2, 0.25) is 0 Å². The summed E-state index contributed by atoms with van der Waals surface area (Å²) in [6.45, 7) is 1.42. The van der Waals surface area contributed by atoms with E-state index in [4.69, 9.17) is 5.73 Å². The molecule has 0 bridgehead atoms. The number of hydrogen-bond donors (Lipinski definition) is 1. The molecule has 5 nitrogen and oxygen atoms in total. The number of carbonyl (C=O) groups excluding carboxylic acids is 1. The number of hydrogen-bond acceptors (Lipinski definition) is 5. The van der Waals surface area contributed by atoms with Crippen LogP contribution in [0.25, 0.3) is 0 Å². The smallest absolute Gasteiger partial charge is 0.163 e. The first-order valence-electron chi connectivity index (χ1n) is 5.39. The molecular weight excluding hydrogens is 240 g/mol. The standard InChI is InChI=1S/C11H14N2O3S/c1-7(14)9-6-8-2-4-17(15,16)5-3-10(8)13-11(9)12/h6H,2-5H2,1H3,(H2,12,13). The van der Waals surface area contributed by atoms with Crippen molar-refractivity contribution in [2.45, 2.75) is 19.8 Å². The summed E-state index contributed by atoms with van der Waals surface area (Å²) in [4.78, 5) is 15.5. The summed E-state index contributed by atoms with van der Waals surface area (Å²) in [7, 11) is -3.00. The lowest BCUT2D eigenvalue weighted by Gasteiger charge is -2.08. The fraction of sp³-hybridized carbons (Fsp3) is 0.455. The van der Waals surface area contributed by atoms with Gasteiger partial charge in [-0.2, -0.15) is 0 Å². The first-order chi connectivity index (χ1) is 7.89. The average molecular weight is 254 g/mol. The number of sulfone groups is 1. The Bertz CT molecular complexity index is 579. The zero-order chi connectivity index (χ0) is 12.6. The first-order valence-corrected chi connectivity index (χ1v) is 7.21. The van der Waals surface area contributed by atoms with Crippen LogP contribution in [0.5, 0.6) is 0 Å². The fourth-order valence-corrected chi connectivity index (χ4v) is 3.18. The lowest BCUT2D eigenvalue weighted by atomic mass is 10.0. The van der Waals surface area contributed by atoms with Crippen molar-refractivity contribution in [2.24, 2.45) is 0 Å². The average Bonchev–Trinajstić information content (AvgIpc) is 2.37. The van der Waals surface area contributed by atoms with Crippen LogP contribution < -0.4 is 5.73 Å². The highest BCUT2D eigenvalue weighted by atomic mass is 32.2. The molecule has 2 rings (SSSR count). The Balaban J connectivity index is 2.48. The molecule has 0 aliphatic carbocycles. The Morgan fingerprint density at radius 2 is 2.00 bits per heavy atom. The van der Waals surface area contributed by atoms with Gasteiger partial charge in [-0.1, -0.05) is 0 Å². The van der Waals surface area contributed by atoms with Gasteiger partial charge >= 0.3 is 0 Å². The molecule has 1 aliphatic heterocycles. The minimum Gasteiger partial charge on any atom is -0.383 e. The first kappa shape index (κ1) is 12.0. The quantitative estimate of drug-likeness (QED) is 0.732. The molecule has 1 aliphatic rings. The van der Waals surface area contributed by atoms with Gasteiger partial charge in [0.15, 0.2) is 15.6 Å². The van der Waals surface area contributed by atoms with Crippen LogP contribution >= 0.6 is 0 Å². The molecule has 17 heavy (non-hydrogen) atoms. The Labute approximate surface area is 100.0 Å². The summed E-state index contributed by atoms with van der Waals surface area (Å²) >= 11 is 0. The largest absolute Gasteiger partial charge is 0.383 e. The number of fused-ring (bicyclic) bond motifs is 1. The second kappa shape index (κ2) is 4.10. The highest BCUT2D eigenvalue weighted by molar-refractivity contribution is 7.91. The van der Waals surface area contributed by atoms with Crippen molar-refractivity contribution < 1.29 is 13.2 Å². The second-order valence-electron chi connectivity index (χ2n) is 4.23. The highest BCUT2D eigenvalue weighted by Crippen LogP contribution is 2.20. The monoisotopic (exact) mass is 254 g/mol. The number of nitrogens with zero attached hydrogens (tertiary/aromatic N) is 1. The predicted octanol–water partition coefficient (Wildman–Crippen LogP) is 0.380. The van der Waals surface area contributed by atoms with E-state index in [9.17, 15) is 13.2 Å². The summed E-state index contributed by atoms with van der Waals surface area (Å²) in [6, 6.07) is 1.68. The number of pyridine rings is 1. The maximum absolute atomic E-state index is 11.5. The van der Waals surface area contributed by atoms with Crippen molar-refractivity contribution in [1.82, 2.24) is 4.98 Å². The summed E-state index contributed by atoms with van der Waals surface area (Å²) in [5.41, 5.74) is 7.59. The number of ketones is 1. The van der Waals surface area contributed by atoms with Gasteiger partial charge in [-0.25, -0.2) is 13.4 Å². The van der Waals surface area contributed by atoms with E-state index in [2.05, 4.69) is 4.98 Å². The van der Waals surface area contributed by atoms with E-state index < -0.39 is 9.84 Å². The maximum Gasteiger partial charge on any atom is 0.163 e. The molecule has 0 aromatic carbocycles. The number of carbonyl (C=O) groups is 1.